The number of benzene rings is 1. The number of nitrogens with one attached hydrogen (secondary N) is 1. The van der Waals surface area contributed by atoms with Crippen molar-refractivity contribution in [3.63, 3.8) is 0 Å². The van der Waals surface area contributed by atoms with Crippen LogP contribution >= 0.6 is 11.3 Å². The van der Waals surface area contributed by atoms with E-state index in [2.05, 4.69) is 45.5 Å². The lowest BCUT2D eigenvalue weighted by molar-refractivity contribution is 0.0941. The van der Waals surface area contributed by atoms with Gasteiger partial charge in [0.15, 0.2) is 0 Å². The number of aromatic nitrogens is 1. The molecule has 1 aliphatic heterocycles. The zero-order valence-electron chi connectivity index (χ0n) is 16.1. The quantitative estimate of drug-likeness (QED) is 0.614. The third-order valence-electron chi connectivity index (χ3n) is 5.28. The first-order valence-corrected chi connectivity index (χ1v) is 10.5. The lowest BCUT2D eigenvalue weighted by Crippen LogP contribution is -2.26. The molecule has 0 bridgehead atoms. The predicted octanol–water partition coefficient (Wildman–Crippen LogP) is 4.01. The van der Waals surface area contributed by atoms with Gasteiger partial charge in [-0.2, -0.15) is 0 Å². The molecule has 28 heavy (non-hydrogen) atoms. The van der Waals surface area contributed by atoms with Gasteiger partial charge in [0.1, 0.15) is 0 Å². The van der Waals surface area contributed by atoms with Gasteiger partial charge in [0.2, 0.25) is 0 Å². The molecule has 1 aliphatic rings. The maximum atomic E-state index is 12.3. The number of amides is 1. The highest BCUT2D eigenvalue weighted by atomic mass is 32.1. The minimum Gasteiger partial charge on any atom is -0.383 e. The molecule has 1 amide bonds. The average Bonchev–Trinajstić information content (AvgIpc) is 3.38. The van der Waals surface area contributed by atoms with Crippen molar-refractivity contribution < 1.29 is 9.53 Å². The molecule has 0 saturated carbocycles. The van der Waals surface area contributed by atoms with Gasteiger partial charge in [-0.3, -0.25) is 14.7 Å². The zero-order valence-corrected chi connectivity index (χ0v) is 16.9. The minimum absolute atomic E-state index is 0.0144. The monoisotopic (exact) mass is 395 g/mol. The fourth-order valence-corrected chi connectivity index (χ4v) is 4.99. The van der Waals surface area contributed by atoms with E-state index in [0.717, 1.165) is 24.4 Å². The van der Waals surface area contributed by atoms with Crippen LogP contribution in [0.25, 0.3) is 10.8 Å². The largest absolute Gasteiger partial charge is 0.383 e. The van der Waals surface area contributed by atoms with Crippen molar-refractivity contribution in [2.75, 3.05) is 26.8 Å². The first-order chi connectivity index (χ1) is 13.8. The minimum atomic E-state index is -0.0144. The van der Waals surface area contributed by atoms with Crippen molar-refractivity contribution in [2.24, 2.45) is 0 Å². The number of pyridine rings is 1. The number of fused-ring (bicyclic) bond motifs is 1. The molecular formula is C22H25N3O2S. The maximum absolute atomic E-state index is 12.3. The first kappa shape index (κ1) is 19.1. The van der Waals surface area contributed by atoms with Gasteiger partial charge in [-0.25, -0.2) is 0 Å². The molecule has 1 saturated heterocycles. The highest BCUT2D eigenvalue weighted by molar-refractivity contribution is 7.14. The molecule has 1 aromatic carbocycles. The molecule has 2 aromatic heterocycles. The van der Waals surface area contributed by atoms with Crippen LogP contribution in [0.2, 0.25) is 0 Å². The summed E-state index contributed by atoms with van der Waals surface area (Å²) in [6, 6.07) is 13.0. The first-order valence-electron chi connectivity index (χ1n) is 9.69. The van der Waals surface area contributed by atoms with Crippen LogP contribution in [0, 0.1) is 0 Å². The number of methoxy groups -OCH3 is 1. The molecule has 1 unspecified atom stereocenters. The molecule has 146 valence electrons. The van der Waals surface area contributed by atoms with Gasteiger partial charge < -0.3 is 10.1 Å². The molecule has 5 nitrogen and oxygen atoms in total. The zero-order chi connectivity index (χ0) is 19.3. The van der Waals surface area contributed by atoms with E-state index in [-0.39, 0.29) is 5.91 Å². The van der Waals surface area contributed by atoms with E-state index >= 15 is 0 Å². The Balaban J connectivity index is 1.49. The number of nitrogens with zero attached hydrogens (tertiary/aromatic N) is 2. The van der Waals surface area contributed by atoms with Crippen LogP contribution in [0.15, 0.2) is 48.8 Å². The summed E-state index contributed by atoms with van der Waals surface area (Å²) < 4.78 is 4.99. The van der Waals surface area contributed by atoms with E-state index in [1.54, 1.807) is 18.4 Å². The number of carbonyl (C=O) groups excluding carboxylic acids is 1. The maximum Gasteiger partial charge on any atom is 0.261 e. The van der Waals surface area contributed by atoms with E-state index in [9.17, 15) is 4.79 Å². The van der Waals surface area contributed by atoms with Crippen molar-refractivity contribution in [3.05, 3.63) is 64.1 Å². The third kappa shape index (κ3) is 4.09. The molecule has 3 aromatic rings. The molecule has 4 rings (SSSR count). The molecule has 6 heteroatoms. The number of likely N-dealkylation sites (tertiary alicyclic amines) is 1. The van der Waals surface area contributed by atoms with Crippen LogP contribution in [0.1, 0.15) is 39.0 Å². The Morgan fingerprint density at radius 3 is 3.14 bits per heavy atom. The Morgan fingerprint density at radius 1 is 1.32 bits per heavy atom. The number of ether oxygens (including phenoxy) is 1. The highest BCUT2D eigenvalue weighted by Crippen LogP contribution is 2.37. The van der Waals surface area contributed by atoms with Crippen molar-refractivity contribution in [3.8, 4) is 0 Å². The summed E-state index contributed by atoms with van der Waals surface area (Å²) in [7, 11) is 1.64. The smallest absolute Gasteiger partial charge is 0.261 e. The topological polar surface area (TPSA) is 54.5 Å². The summed E-state index contributed by atoms with van der Waals surface area (Å²) in [4.78, 5) is 21.1. The Labute approximate surface area is 169 Å². The van der Waals surface area contributed by atoms with E-state index in [0.29, 0.717) is 19.2 Å². The summed E-state index contributed by atoms with van der Waals surface area (Å²) >= 11 is 1.61. The Morgan fingerprint density at radius 2 is 2.25 bits per heavy atom. The summed E-state index contributed by atoms with van der Waals surface area (Å²) in [6.07, 6.45) is 6.11. The van der Waals surface area contributed by atoms with Crippen molar-refractivity contribution in [1.29, 1.82) is 0 Å². The van der Waals surface area contributed by atoms with Crippen LogP contribution in [0.4, 0.5) is 0 Å². The Bertz CT molecular complexity index is 950. The molecule has 1 fully saturated rings. The van der Waals surface area contributed by atoms with Crippen molar-refractivity contribution in [2.45, 2.75) is 25.4 Å². The highest BCUT2D eigenvalue weighted by Gasteiger charge is 2.28. The van der Waals surface area contributed by atoms with Crippen molar-refractivity contribution in [1.82, 2.24) is 15.2 Å². The van der Waals surface area contributed by atoms with Gasteiger partial charge in [0.25, 0.3) is 5.91 Å². The second-order valence-corrected chi connectivity index (χ2v) is 8.21. The normalized spacial score (nSPS) is 17.2. The molecule has 0 aliphatic carbocycles. The van der Waals surface area contributed by atoms with Crippen LogP contribution in [0.3, 0.4) is 0 Å². The summed E-state index contributed by atoms with van der Waals surface area (Å²) in [5.41, 5.74) is 1.33. The van der Waals surface area contributed by atoms with E-state index in [4.69, 9.17) is 4.74 Å². The summed E-state index contributed by atoms with van der Waals surface area (Å²) in [6.45, 7) is 3.06. The molecule has 0 radical (unpaired) electrons. The van der Waals surface area contributed by atoms with E-state index < -0.39 is 0 Å². The number of thiophene rings is 1. The Kier molecular flexibility index (Phi) is 6.00. The second-order valence-electron chi connectivity index (χ2n) is 7.09. The molecule has 1 atom stereocenters. The summed E-state index contributed by atoms with van der Waals surface area (Å²) in [5, 5.41) is 5.36. The fourth-order valence-electron chi connectivity index (χ4n) is 3.89. The average molecular weight is 396 g/mol. The number of rotatable bonds is 7. The SMILES string of the molecule is COCCNC(=O)c1ccc(C2CCCN2Cc2cccc3cnccc23)s1. The number of hydrogen-bond donors (Lipinski definition) is 1. The van der Waals surface area contributed by atoms with Crippen molar-refractivity contribution >= 4 is 28.0 Å². The number of carbonyl (C=O) groups is 1. The van der Waals surface area contributed by atoms with Crippen LogP contribution in [0.5, 0.6) is 0 Å². The fraction of sp³-hybridized carbons (Fsp3) is 0.364. The van der Waals surface area contributed by atoms with E-state index in [1.807, 2.05) is 18.5 Å². The molecular weight excluding hydrogens is 370 g/mol. The molecule has 1 N–H and O–H groups in total. The van der Waals surface area contributed by atoms with Crippen LogP contribution in [-0.4, -0.2) is 42.6 Å². The lowest BCUT2D eigenvalue weighted by Gasteiger charge is -2.24. The van der Waals surface area contributed by atoms with Crippen LogP contribution in [-0.2, 0) is 11.3 Å². The standard InChI is InChI=1S/C22H25N3O2S/c1-27-13-11-24-22(26)21-8-7-20(28-21)19-6-3-12-25(19)15-17-5-2-4-16-14-23-10-9-18(16)17/h2,4-5,7-10,14,19H,3,6,11-13,15H2,1H3,(H,24,26). The van der Waals surface area contributed by atoms with E-state index in [1.165, 1.54) is 27.6 Å². The predicted molar refractivity (Wildman–Crippen MR) is 113 cm³/mol. The van der Waals surface area contributed by atoms with Gasteiger partial charge in [-0.1, -0.05) is 18.2 Å². The van der Waals surface area contributed by atoms with Gasteiger partial charge in [-0.15, -0.1) is 11.3 Å². The van der Waals surface area contributed by atoms with Crippen LogP contribution < -0.4 is 5.32 Å². The van der Waals surface area contributed by atoms with Gasteiger partial charge >= 0.3 is 0 Å². The molecule has 3 heterocycles. The van der Waals surface area contributed by atoms with Gasteiger partial charge in [-0.05, 0) is 48.5 Å². The molecule has 0 spiro atoms. The Hall–Kier alpha value is -2.28. The second kappa shape index (κ2) is 8.82. The van der Waals surface area contributed by atoms with Gasteiger partial charge in [0, 0.05) is 48.9 Å². The third-order valence-corrected chi connectivity index (χ3v) is 6.46. The summed E-state index contributed by atoms with van der Waals surface area (Å²) in [5.74, 6) is -0.0144. The van der Waals surface area contributed by atoms with Gasteiger partial charge in [0.05, 0.1) is 11.5 Å². The lowest BCUT2D eigenvalue weighted by atomic mass is 10.1. The number of hydrogen-bond acceptors (Lipinski definition) is 5.